The van der Waals surface area contributed by atoms with Crippen LogP contribution < -0.4 is 0 Å². The van der Waals surface area contributed by atoms with Crippen LogP contribution in [0.25, 0.3) is 0 Å². The fourth-order valence-electron chi connectivity index (χ4n) is 3.63. The summed E-state index contributed by atoms with van der Waals surface area (Å²) in [7, 11) is 0. The number of carbonyl (C=O) groups is 3. The molecule has 0 aliphatic carbocycles. The topological polar surface area (TPSA) is 145 Å². The molecule has 1 aromatic carbocycles. The minimum absolute atomic E-state index is 0.190. The molecular formula is C20H26N4O6S. The Morgan fingerprint density at radius 1 is 0.903 bits per heavy atom. The molecule has 1 atom stereocenters. The van der Waals surface area contributed by atoms with E-state index in [0.29, 0.717) is 39.1 Å². The van der Waals surface area contributed by atoms with E-state index in [-0.39, 0.29) is 25.7 Å². The van der Waals surface area contributed by atoms with Gasteiger partial charge in [0, 0.05) is 43.7 Å². The number of hydrogen-bond acceptors (Lipinski definition) is 8. The molecule has 31 heavy (non-hydrogen) atoms. The smallest absolute Gasteiger partial charge is 0.317 e. The highest BCUT2D eigenvalue weighted by molar-refractivity contribution is 8.03. The monoisotopic (exact) mass is 450 g/mol. The van der Waals surface area contributed by atoms with Crippen molar-refractivity contribution in [2.75, 3.05) is 52.4 Å². The highest BCUT2D eigenvalue weighted by atomic mass is 32.2. The second kappa shape index (κ2) is 12.3. The summed E-state index contributed by atoms with van der Waals surface area (Å²) in [4.78, 5) is 40.0. The maximum Gasteiger partial charge on any atom is 0.317 e. The number of nitriles is 1. The first-order chi connectivity index (χ1) is 14.8. The SMILES string of the molecule is N#CSc1ccc(C[C@H]2CN(CC(=O)O)CCN(CC(=O)O)CCN2CC(=O)O)cc1. The fourth-order valence-corrected chi connectivity index (χ4v) is 4.01. The molecular weight excluding hydrogens is 424 g/mol. The van der Waals surface area contributed by atoms with Crippen molar-refractivity contribution in [2.45, 2.75) is 17.4 Å². The number of thiocyanates is 1. The van der Waals surface area contributed by atoms with Crippen LogP contribution in [0.1, 0.15) is 5.56 Å². The normalized spacial score (nSPS) is 19.0. The molecule has 1 aromatic rings. The Kier molecular flexibility index (Phi) is 9.74. The molecule has 1 fully saturated rings. The summed E-state index contributed by atoms with van der Waals surface area (Å²) in [6.45, 7) is 1.19. The van der Waals surface area contributed by atoms with E-state index >= 15 is 0 Å². The summed E-state index contributed by atoms with van der Waals surface area (Å²) in [5.41, 5.74) is 0.944. The third kappa shape index (κ3) is 8.94. The van der Waals surface area contributed by atoms with Gasteiger partial charge < -0.3 is 15.3 Å². The lowest BCUT2D eigenvalue weighted by Gasteiger charge is -2.33. The molecule has 1 aliphatic heterocycles. The largest absolute Gasteiger partial charge is 0.480 e. The lowest BCUT2D eigenvalue weighted by atomic mass is 10.0. The molecule has 2 rings (SSSR count). The van der Waals surface area contributed by atoms with E-state index in [4.69, 9.17) is 10.4 Å². The number of thioether (sulfide) groups is 1. The molecule has 168 valence electrons. The van der Waals surface area contributed by atoms with Crippen LogP contribution >= 0.6 is 11.8 Å². The second-order valence-corrected chi connectivity index (χ2v) is 8.22. The van der Waals surface area contributed by atoms with Gasteiger partial charge in [0.2, 0.25) is 0 Å². The Bertz CT molecular complexity index is 813. The molecule has 11 heteroatoms. The van der Waals surface area contributed by atoms with E-state index in [1.165, 1.54) is 0 Å². The van der Waals surface area contributed by atoms with Crippen LogP contribution in [0.3, 0.4) is 0 Å². The highest BCUT2D eigenvalue weighted by Gasteiger charge is 2.27. The van der Waals surface area contributed by atoms with Gasteiger partial charge in [-0.05, 0) is 35.9 Å². The fraction of sp³-hybridized carbons (Fsp3) is 0.500. The summed E-state index contributed by atoms with van der Waals surface area (Å²) >= 11 is 1.05. The molecule has 0 saturated carbocycles. The predicted molar refractivity (Wildman–Crippen MR) is 113 cm³/mol. The maximum absolute atomic E-state index is 11.5. The molecule has 1 saturated heterocycles. The van der Waals surface area contributed by atoms with Crippen LogP contribution in [0, 0.1) is 10.7 Å². The molecule has 1 aliphatic rings. The number of hydrogen-bond donors (Lipinski definition) is 3. The zero-order valence-corrected chi connectivity index (χ0v) is 17.8. The van der Waals surface area contributed by atoms with Crippen molar-refractivity contribution >= 4 is 29.7 Å². The highest BCUT2D eigenvalue weighted by Crippen LogP contribution is 2.19. The van der Waals surface area contributed by atoms with Crippen LogP contribution in [0.4, 0.5) is 0 Å². The second-order valence-electron chi connectivity index (χ2n) is 7.36. The number of carboxylic acid groups (broad SMARTS) is 3. The standard InChI is InChI=1S/C20H26N4O6S/c21-14-31-17-3-1-15(2-4-17)9-16-10-23(12-19(27)28)6-5-22(11-18(25)26)7-8-24(16)13-20(29)30/h1-4,16H,5-13H2,(H,25,26)(H,27,28)(H,29,30)/t16-/m0/s1. The first kappa shape index (κ1) is 24.6. The number of rotatable bonds is 9. The first-order valence-corrected chi connectivity index (χ1v) is 10.6. The third-order valence-corrected chi connectivity index (χ3v) is 5.63. The minimum Gasteiger partial charge on any atom is -0.480 e. The van der Waals surface area contributed by atoms with E-state index in [1.54, 1.807) is 14.7 Å². The van der Waals surface area contributed by atoms with Gasteiger partial charge in [0.1, 0.15) is 5.40 Å². The average Bonchev–Trinajstić information content (AvgIpc) is 2.74. The maximum atomic E-state index is 11.5. The van der Waals surface area contributed by atoms with Gasteiger partial charge >= 0.3 is 17.9 Å². The van der Waals surface area contributed by atoms with Crippen molar-refractivity contribution < 1.29 is 29.7 Å². The number of benzene rings is 1. The molecule has 0 spiro atoms. The van der Waals surface area contributed by atoms with Crippen LogP contribution in [-0.2, 0) is 20.8 Å². The summed E-state index contributed by atoms with van der Waals surface area (Å²) in [6.07, 6.45) is 0.500. The van der Waals surface area contributed by atoms with Crippen molar-refractivity contribution in [1.29, 1.82) is 5.26 Å². The molecule has 0 radical (unpaired) electrons. The molecule has 0 aromatic heterocycles. The third-order valence-electron chi connectivity index (χ3n) is 5.04. The summed E-state index contributed by atoms with van der Waals surface area (Å²) in [6, 6.07) is 7.13. The van der Waals surface area contributed by atoms with Crippen LogP contribution in [-0.4, -0.2) is 106 Å². The van der Waals surface area contributed by atoms with Gasteiger partial charge in [-0.1, -0.05) is 12.1 Å². The van der Waals surface area contributed by atoms with Gasteiger partial charge in [0.05, 0.1) is 19.6 Å². The van der Waals surface area contributed by atoms with Crippen molar-refractivity contribution in [3.63, 3.8) is 0 Å². The van der Waals surface area contributed by atoms with Crippen molar-refractivity contribution in [2.24, 2.45) is 0 Å². The molecule has 0 amide bonds. The predicted octanol–water partition coefficient (Wildman–Crippen LogP) is 0.344. The Morgan fingerprint density at radius 3 is 2.03 bits per heavy atom. The molecule has 0 unspecified atom stereocenters. The first-order valence-electron chi connectivity index (χ1n) is 9.76. The van der Waals surface area contributed by atoms with Crippen molar-refractivity contribution in [3.8, 4) is 5.40 Å². The lowest BCUT2D eigenvalue weighted by Crippen LogP contribution is -2.49. The molecule has 3 N–H and O–H groups in total. The Labute approximate surface area is 184 Å². The molecule has 10 nitrogen and oxygen atoms in total. The van der Waals surface area contributed by atoms with E-state index < -0.39 is 17.9 Å². The summed E-state index contributed by atoms with van der Waals surface area (Å²) < 4.78 is 0. The van der Waals surface area contributed by atoms with E-state index in [9.17, 15) is 24.6 Å². The minimum atomic E-state index is -1.00. The number of aliphatic carboxylic acids is 3. The summed E-state index contributed by atoms with van der Waals surface area (Å²) in [5, 5.41) is 38.6. The van der Waals surface area contributed by atoms with Crippen LogP contribution in [0.5, 0.6) is 0 Å². The quantitative estimate of drug-likeness (QED) is 0.354. The number of nitrogens with zero attached hydrogens (tertiary/aromatic N) is 4. The van der Waals surface area contributed by atoms with Gasteiger partial charge in [-0.3, -0.25) is 29.1 Å². The van der Waals surface area contributed by atoms with E-state index in [0.717, 1.165) is 22.2 Å². The van der Waals surface area contributed by atoms with E-state index in [1.807, 2.05) is 29.7 Å². The lowest BCUT2D eigenvalue weighted by molar-refractivity contribution is -0.140. The van der Waals surface area contributed by atoms with Gasteiger partial charge in [-0.2, -0.15) is 5.26 Å². The van der Waals surface area contributed by atoms with Crippen LogP contribution in [0.2, 0.25) is 0 Å². The summed E-state index contributed by atoms with van der Waals surface area (Å²) in [5.74, 6) is -2.98. The van der Waals surface area contributed by atoms with Crippen molar-refractivity contribution in [3.05, 3.63) is 29.8 Å². The average molecular weight is 451 g/mol. The van der Waals surface area contributed by atoms with Gasteiger partial charge in [0.25, 0.3) is 0 Å². The molecule has 0 bridgehead atoms. The van der Waals surface area contributed by atoms with Gasteiger partial charge in [-0.25, -0.2) is 0 Å². The van der Waals surface area contributed by atoms with Gasteiger partial charge in [-0.15, -0.1) is 0 Å². The zero-order chi connectivity index (χ0) is 22.8. The van der Waals surface area contributed by atoms with Crippen molar-refractivity contribution in [1.82, 2.24) is 14.7 Å². The Hall–Kier alpha value is -2.65. The van der Waals surface area contributed by atoms with E-state index in [2.05, 4.69) is 0 Å². The Morgan fingerprint density at radius 2 is 1.45 bits per heavy atom. The van der Waals surface area contributed by atoms with Gasteiger partial charge in [0.15, 0.2) is 0 Å². The number of carboxylic acids is 3. The van der Waals surface area contributed by atoms with Crippen LogP contribution in [0.15, 0.2) is 29.2 Å². The Balaban J connectivity index is 2.26. The zero-order valence-electron chi connectivity index (χ0n) is 17.0. The molecule has 1 heterocycles.